The number of aliphatic hydroxyl groups is 14. The highest BCUT2D eigenvalue weighted by Crippen LogP contribution is 2.76. The predicted octanol–water partition coefficient (Wildman–Crippen LogP) is -1.63. The van der Waals surface area contributed by atoms with Gasteiger partial charge in [-0.25, -0.2) is 0 Å². The molecule has 8 fully saturated rings. The molecule has 0 aromatic rings. The SMILES string of the molecule is CC(=O)OCC1OC(OC2C(OC3CCC4(C)C(CCC5(C)C4CC(O)C4C(C(C)(CCC=C(C)C)OC6OC(COC7OC(CO)C(O)C(O)C7O)C(O)C(O)C6O)CCC45C)C3(C)C)OC(CO)C(O)C2O)C(O)C(O)C1O. The Balaban J connectivity index is 1.00. The zero-order chi connectivity index (χ0) is 58.9. The molecule has 4 heterocycles. The fourth-order valence-corrected chi connectivity index (χ4v) is 16.4. The molecule has 0 aromatic carbocycles. The van der Waals surface area contributed by atoms with E-state index >= 15 is 0 Å². The molecule has 0 spiro atoms. The first-order valence-corrected chi connectivity index (χ1v) is 28.8. The summed E-state index contributed by atoms with van der Waals surface area (Å²) in [6, 6.07) is 0. The number of carbonyl (C=O) groups excluding carboxylic acids is 1. The van der Waals surface area contributed by atoms with Crippen LogP contribution in [-0.2, 0) is 47.4 Å². The lowest BCUT2D eigenvalue weighted by Crippen LogP contribution is -2.68. The molecule has 0 aromatic heterocycles. The molecule has 24 heteroatoms. The van der Waals surface area contributed by atoms with E-state index in [2.05, 4.69) is 40.7 Å². The smallest absolute Gasteiger partial charge is 0.302 e. The first kappa shape index (κ1) is 64.3. The van der Waals surface area contributed by atoms with Crippen LogP contribution in [0.5, 0.6) is 0 Å². The summed E-state index contributed by atoms with van der Waals surface area (Å²) in [7, 11) is 0. The van der Waals surface area contributed by atoms with Crippen LogP contribution in [0, 0.1) is 45.3 Å². The van der Waals surface area contributed by atoms with Crippen LogP contribution in [0.3, 0.4) is 0 Å². The van der Waals surface area contributed by atoms with Crippen LogP contribution in [0.25, 0.3) is 0 Å². The Kier molecular flexibility index (Phi) is 19.8. The summed E-state index contributed by atoms with van der Waals surface area (Å²) < 4.78 is 54.2. The quantitative estimate of drug-likeness (QED) is 0.0442. The first-order chi connectivity index (χ1) is 37.4. The largest absolute Gasteiger partial charge is 0.463 e. The summed E-state index contributed by atoms with van der Waals surface area (Å²) >= 11 is 0. The molecule has 24 nitrogen and oxygen atoms in total. The number of carbonyl (C=O) groups is 1. The van der Waals surface area contributed by atoms with Gasteiger partial charge in [-0.2, -0.15) is 0 Å². The molecular weight excluding hydrogens is 1060 g/mol. The summed E-state index contributed by atoms with van der Waals surface area (Å²) in [6.45, 7) is 15.9. The van der Waals surface area contributed by atoms with Crippen molar-refractivity contribution < 1.29 is 119 Å². The average molecular weight is 1150 g/mol. The normalized spacial score (nSPS) is 51.0. The van der Waals surface area contributed by atoms with Crippen LogP contribution >= 0.6 is 0 Å². The van der Waals surface area contributed by atoms with Gasteiger partial charge in [0.2, 0.25) is 0 Å². The maximum absolute atomic E-state index is 12.9. The number of aliphatic hydroxyl groups excluding tert-OH is 14. The second kappa shape index (κ2) is 24.6. The molecule has 4 aliphatic carbocycles. The third-order valence-corrected chi connectivity index (χ3v) is 21.2. The van der Waals surface area contributed by atoms with E-state index in [9.17, 15) is 76.3 Å². The van der Waals surface area contributed by atoms with Gasteiger partial charge in [-0.3, -0.25) is 4.79 Å². The van der Waals surface area contributed by atoms with E-state index in [4.69, 9.17) is 42.6 Å². The summed E-state index contributed by atoms with van der Waals surface area (Å²) in [4.78, 5) is 11.6. The van der Waals surface area contributed by atoms with Crippen molar-refractivity contribution in [3.8, 4) is 0 Å². The molecule has 30 unspecified atom stereocenters. The van der Waals surface area contributed by atoms with E-state index in [0.29, 0.717) is 38.5 Å². The van der Waals surface area contributed by atoms with Gasteiger partial charge < -0.3 is 114 Å². The minimum atomic E-state index is -1.85. The van der Waals surface area contributed by atoms with Gasteiger partial charge in [0.1, 0.15) is 104 Å². The number of ether oxygens (including phenoxy) is 9. The third kappa shape index (κ3) is 11.6. The Bertz CT molecular complexity index is 2120. The van der Waals surface area contributed by atoms with Crippen LogP contribution in [0.1, 0.15) is 120 Å². The van der Waals surface area contributed by atoms with Gasteiger partial charge in [-0.15, -0.1) is 0 Å². The second-order valence-corrected chi connectivity index (χ2v) is 26.4. The van der Waals surface area contributed by atoms with Crippen molar-refractivity contribution in [2.24, 2.45) is 45.3 Å². The van der Waals surface area contributed by atoms with Crippen molar-refractivity contribution >= 4 is 5.97 Å². The Labute approximate surface area is 467 Å². The van der Waals surface area contributed by atoms with Crippen molar-refractivity contribution in [2.45, 2.75) is 261 Å². The standard InChI is InChI=1S/C56H94O24/c1-24(2)11-10-15-56(9,80-50-46(71)42(67)39(64)31(77-50)23-73-48-44(69)40(65)36(61)28(20-57)74-48)26-12-17-55(8)35(26)27(60)19-33-53(6)16-14-34(52(4,5)32(53)13-18-54(33,55)7)78-51-47(43(68)37(62)29(21-58)75-51)79-49-45(70)41(66)38(63)30(76-49)22-72-25(3)59/h11,26-51,57-58,60-71H,10,12-23H2,1-9H3. The maximum atomic E-state index is 12.9. The summed E-state index contributed by atoms with van der Waals surface area (Å²) in [5.41, 5.74) is -1.67. The van der Waals surface area contributed by atoms with E-state index in [0.717, 1.165) is 31.8 Å². The highest BCUT2D eigenvalue weighted by Gasteiger charge is 2.72. The predicted molar refractivity (Wildman–Crippen MR) is 276 cm³/mol. The fraction of sp³-hybridized carbons (Fsp3) is 0.946. The number of fused-ring (bicyclic) bond motifs is 5. The highest BCUT2D eigenvalue weighted by molar-refractivity contribution is 5.65. The van der Waals surface area contributed by atoms with Gasteiger partial charge in [-0.05, 0) is 124 Å². The van der Waals surface area contributed by atoms with E-state index in [-0.39, 0.29) is 34.5 Å². The van der Waals surface area contributed by atoms with Crippen LogP contribution < -0.4 is 0 Å². The van der Waals surface area contributed by atoms with Gasteiger partial charge in [0.25, 0.3) is 0 Å². The molecule has 8 rings (SSSR count). The fourth-order valence-electron chi connectivity index (χ4n) is 16.4. The van der Waals surface area contributed by atoms with Gasteiger partial charge >= 0.3 is 5.97 Å². The van der Waals surface area contributed by atoms with Crippen molar-refractivity contribution in [3.63, 3.8) is 0 Å². The Morgan fingerprint density at radius 3 is 1.70 bits per heavy atom. The van der Waals surface area contributed by atoms with Gasteiger partial charge in [0.05, 0.1) is 37.6 Å². The average Bonchev–Trinajstić information content (AvgIpc) is 2.95. The Morgan fingerprint density at radius 1 is 0.575 bits per heavy atom. The van der Waals surface area contributed by atoms with Crippen molar-refractivity contribution in [2.75, 3.05) is 26.4 Å². The van der Waals surface area contributed by atoms with Crippen LogP contribution in [0.2, 0.25) is 0 Å². The van der Waals surface area contributed by atoms with Gasteiger partial charge in [-0.1, -0.05) is 46.3 Å². The summed E-state index contributed by atoms with van der Waals surface area (Å²) in [6.07, 6.45) is -25.6. The van der Waals surface area contributed by atoms with Crippen molar-refractivity contribution in [1.82, 2.24) is 0 Å². The van der Waals surface area contributed by atoms with Crippen molar-refractivity contribution in [3.05, 3.63) is 11.6 Å². The molecule has 14 N–H and O–H groups in total. The van der Waals surface area contributed by atoms with E-state index in [1.54, 1.807) is 0 Å². The zero-order valence-corrected chi connectivity index (χ0v) is 47.6. The number of esters is 1. The minimum absolute atomic E-state index is 0.0210. The van der Waals surface area contributed by atoms with Crippen molar-refractivity contribution in [1.29, 1.82) is 0 Å². The number of hydrogen-bond acceptors (Lipinski definition) is 24. The molecule has 462 valence electrons. The molecule has 4 saturated carbocycles. The first-order valence-electron chi connectivity index (χ1n) is 28.8. The van der Waals surface area contributed by atoms with E-state index in [1.165, 1.54) is 0 Å². The van der Waals surface area contributed by atoms with Gasteiger partial charge in [0.15, 0.2) is 25.2 Å². The van der Waals surface area contributed by atoms with E-state index < -0.39 is 184 Å². The minimum Gasteiger partial charge on any atom is -0.463 e. The monoisotopic (exact) mass is 1150 g/mol. The van der Waals surface area contributed by atoms with E-state index in [1.807, 2.05) is 20.8 Å². The lowest BCUT2D eigenvalue weighted by Gasteiger charge is -2.71. The molecule has 30 atom stereocenters. The molecule has 4 aliphatic heterocycles. The molecule has 8 aliphatic rings. The van der Waals surface area contributed by atoms with Crippen LogP contribution in [0.15, 0.2) is 11.6 Å². The molecule has 80 heavy (non-hydrogen) atoms. The zero-order valence-electron chi connectivity index (χ0n) is 47.6. The summed E-state index contributed by atoms with van der Waals surface area (Å²) in [5.74, 6) is -1.21. The maximum Gasteiger partial charge on any atom is 0.302 e. The lowest BCUT2D eigenvalue weighted by atomic mass is 9.35. The third-order valence-electron chi connectivity index (χ3n) is 21.2. The second-order valence-electron chi connectivity index (χ2n) is 26.4. The number of allylic oxidation sites excluding steroid dienone is 2. The number of hydrogen-bond donors (Lipinski definition) is 14. The van der Waals surface area contributed by atoms with Crippen LogP contribution in [0.4, 0.5) is 0 Å². The molecule has 4 saturated heterocycles. The van der Waals surface area contributed by atoms with Crippen LogP contribution in [-0.4, -0.2) is 245 Å². The lowest BCUT2D eigenvalue weighted by molar-refractivity contribution is -0.378. The highest BCUT2D eigenvalue weighted by atomic mass is 16.8. The summed E-state index contributed by atoms with van der Waals surface area (Å²) in [5, 5.41) is 153. The van der Waals surface area contributed by atoms with Gasteiger partial charge in [0, 0.05) is 6.92 Å². The topological polar surface area (TPSA) is 383 Å². The molecule has 0 bridgehead atoms. The molecular formula is C56H94O24. The molecule has 0 radical (unpaired) electrons. The Hall–Kier alpha value is -1.67. The number of rotatable bonds is 17. The molecule has 0 amide bonds. The Morgan fingerprint density at radius 2 is 1.10 bits per heavy atom.